The first-order chi connectivity index (χ1) is 13.1. The Kier molecular flexibility index (Phi) is 3.75. The largest absolute Gasteiger partial charge is 0.388 e. The zero-order chi connectivity index (χ0) is 18.4. The van der Waals surface area contributed by atoms with E-state index in [1.165, 1.54) is 0 Å². The molecule has 5 rings (SSSR count). The molecule has 2 aliphatic heterocycles. The van der Waals surface area contributed by atoms with Crippen LogP contribution in [0.25, 0.3) is 10.9 Å². The maximum atomic E-state index is 13.0. The molecule has 0 radical (unpaired) electrons. The predicted octanol–water partition coefficient (Wildman–Crippen LogP) is 2.63. The topological polar surface area (TPSA) is 71.2 Å². The number of carbonyl (C=O) groups excluding carboxylic acids is 1. The number of aliphatic hydroxyl groups is 1. The van der Waals surface area contributed by atoms with Crippen LogP contribution in [0.3, 0.4) is 0 Å². The van der Waals surface area contributed by atoms with Gasteiger partial charge in [-0.25, -0.2) is 0 Å². The summed E-state index contributed by atoms with van der Waals surface area (Å²) in [5, 5.41) is 12.5. The Bertz CT molecular complexity index is 970. The lowest BCUT2D eigenvalue weighted by Crippen LogP contribution is -2.54. The first-order valence-electron chi connectivity index (χ1n) is 9.47. The number of aromatic nitrogens is 3. The third-order valence-corrected chi connectivity index (χ3v) is 6.05. The first kappa shape index (κ1) is 16.4. The van der Waals surface area contributed by atoms with E-state index in [-0.39, 0.29) is 18.0 Å². The summed E-state index contributed by atoms with van der Waals surface area (Å²) in [7, 11) is 0. The highest BCUT2D eigenvalue weighted by Crippen LogP contribution is 2.42. The average molecular weight is 362 g/mol. The van der Waals surface area contributed by atoms with Gasteiger partial charge in [0.1, 0.15) is 0 Å². The molecule has 2 atom stereocenters. The number of amides is 1. The molecule has 2 bridgehead atoms. The van der Waals surface area contributed by atoms with Crippen molar-refractivity contribution in [3.8, 4) is 0 Å². The van der Waals surface area contributed by atoms with Crippen molar-refractivity contribution in [3.05, 3.63) is 60.8 Å². The lowest BCUT2D eigenvalue weighted by molar-refractivity contribution is -0.0533. The van der Waals surface area contributed by atoms with Crippen molar-refractivity contribution in [1.29, 1.82) is 0 Å². The van der Waals surface area contributed by atoms with Crippen LogP contribution < -0.4 is 0 Å². The molecule has 138 valence electrons. The first-order valence-corrected chi connectivity index (χ1v) is 9.47. The molecule has 0 saturated carbocycles. The van der Waals surface area contributed by atoms with E-state index in [4.69, 9.17) is 0 Å². The number of hydrogen-bond acceptors (Lipinski definition) is 4. The van der Waals surface area contributed by atoms with Gasteiger partial charge in [0.05, 0.1) is 23.9 Å². The molecule has 3 aromatic heterocycles. The molecule has 6 heteroatoms. The van der Waals surface area contributed by atoms with Gasteiger partial charge < -0.3 is 14.6 Å². The van der Waals surface area contributed by atoms with Gasteiger partial charge in [-0.1, -0.05) is 0 Å². The zero-order valence-corrected chi connectivity index (χ0v) is 15.0. The summed E-state index contributed by atoms with van der Waals surface area (Å²) in [6.07, 6.45) is 12.1. The molecular weight excluding hydrogens is 340 g/mol. The van der Waals surface area contributed by atoms with Crippen molar-refractivity contribution in [3.63, 3.8) is 0 Å². The van der Waals surface area contributed by atoms with E-state index < -0.39 is 5.60 Å². The highest BCUT2D eigenvalue weighted by molar-refractivity contribution is 5.94. The zero-order valence-electron chi connectivity index (χ0n) is 15.0. The van der Waals surface area contributed by atoms with Crippen molar-refractivity contribution in [2.45, 2.75) is 49.9 Å². The Hall–Kier alpha value is -2.73. The SMILES string of the molecule is O=C(c1ccncc1)N1C2CCC1CC(O)(Cn1ccc3ccncc31)C2. The van der Waals surface area contributed by atoms with Crippen LogP contribution in [0.5, 0.6) is 0 Å². The van der Waals surface area contributed by atoms with Gasteiger partial charge in [-0.2, -0.15) is 0 Å². The van der Waals surface area contributed by atoms with Gasteiger partial charge in [0.15, 0.2) is 0 Å². The van der Waals surface area contributed by atoms with Gasteiger partial charge in [-0.05, 0) is 49.9 Å². The molecule has 27 heavy (non-hydrogen) atoms. The summed E-state index contributed by atoms with van der Waals surface area (Å²) in [6.45, 7) is 0.534. The summed E-state index contributed by atoms with van der Waals surface area (Å²) in [6, 6.07) is 7.75. The third kappa shape index (κ3) is 2.80. The van der Waals surface area contributed by atoms with Crippen molar-refractivity contribution in [1.82, 2.24) is 19.4 Å². The van der Waals surface area contributed by atoms with Crippen LogP contribution in [0.4, 0.5) is 0 Å². The number of nitrogens with zero attached hydrogens (tertiary/aromatic N) is 4. The van der Waals surface area contributed by atoms with Crippen molar-refractivity contribution in [2.24, 2.45) is 0 Å². The molecule has 5 heterocycles. The lowest BCUT2D eigenvalue weighted by atomic mass is 9.85. The van der Waals surface area contributed by atoms with Crippen LogP contribution >= 0.6 is 0 Å². The molecule has 0 aromatic carbocycles. The number of piperidine rings is 1. The number of fused-ring (bicyclic) bond motifs is 3. The molecule has 0 spiro atoms. The summed E-state index contributed by atoms with van der Waals surface area (Å²) in [4.78, 5) is 23.2. The molecular formula is C21H22N4O2. The molecule has 1 amide bonds. The Morgan fingerprint density at radius 1 is 1.07 bits per heavy atom. The van der Waals surface area contributed by atoms with Crippen LogP contribution in [0.15, 0.2) is 55.2 Å². The average Bonchev–Trinajstić information content (AvgIpc) is 3.21. The minimum Gasteiger partial charge on any atom is -0.388 e. The van der Waals surface area contributed by atoms with Gasteiger partial charge in [-0.3, -0.25) is 14.8 Å². The van der Waals surface area contributed by atoms with E-state index in [1.807, 2.05) is 23.4 Å². The molecule has 0 aliphatic carbocycles. The minimum atomic E-state index is -0.803. The Labute approximate surface area is 157 Å². The second-order valence-corrected chi connectivity index (χ2v) is 7.84. The molecule has 2 fully saturated rings. The summed E-state index contributed by atoms with van der Waals surface area (Å²) in [5.41, 5.74) is 0.909. The van der Waals surface area contributed by atoms with Crippen LogP contribution in [-0.2, 0) is 6.54 Å². The van der Waals surface area contributed by atoms with Gasteiger partial charge in [0.2, 0.25) is 0 Å². The molecule has 6 nitrogen and oxygen atoms in total. The maximum absolute atomic E-state index is 13.0. The van der Waals surface area contributed by atoms with E-state index in [2.05, 4.69) is 20.6 Å². The second kappa shape index (κ2) is 6.16. The van der Waals surface area contributed by atoms with E-state index in [0.29, 0.717) is 24.9 Å². The third-order valence-electron chi connectivity index (χ3n) is 6.05. The highest BCUT2D eigenvalue weighted by Gasteiger charge is 2.49. The molecule has 1 N–H and O–H groups in total. The number of hydrogen-bond donors (Lipinski definition) is 1. The normalized spacial score (nSPS) is 27.2. The molecule has 3 aromatic rings. The summed E-state index contributed by atoms with van der Waals surface area (Å²) in [5.74, 6) is 0.0579. The van der Waals surface area contributed by atoms with Crippen molar-refractivity contribution >= 4 is 16.8 Å². The van der Waals surface area contributed by atoms with Crippen molar-refractivity contribution < 1.29 is 9.90 Å². The second-order valence-electron chi connectivity index (χ2n) is 7.84. The monoisotopic (exact) mass is 362 g/mol. The number of carbonyl (C=O) groups is 1. The highest BCUT2D eigenvalue weighted by atomic mass is 16.3. The van der Waals surface area contributed by atoms with E-state index >= 15 is 0 Å². The standard InChI is InChI=1S/C21H22N4O2/c26-20(16-4-7-22-8-5-16)25-17-1-2-18(25)12-21(27,11-17)14-24-10-6-15-3-9-23-13-19(15)24/h3-10,13,17-18,27H,1-2,11-12,14H2. The van der Waals surface area contributed by atoms with Gasteiger partial charge in [0, 0.05) is 47.8 Å². The maximum Gasteiger partial charge on any atom is 0.254 e. The Balaban J connectivity index is 1.38. The smallest absolute Gasteiger partial charge is 0.254 e. The van der Waals surface area contributed by atoms with Gasteiger partial charge >= 0.3 is 0 Å². The van der Waals surface area contributed by atoms with E-state index in [9.17, 15) is 9.90 Å². The fourth-order valence-corrected chi connectivity index (χ4v) is 4.91. The van der Waals surface area contributed by atoms with Crippen LogP contribution in [0, 0.1) is 0 Å². The lowest BCUT2D eigenvalue weighted by Gasteiger charge is -2.44. The summed E-state index contributed by atoms with van der Waals surface area (Å²) < 4.78 is 2.09. The van der Waals surface area contributed by atoms with Crippen LogP contribution in [-0.4, -0.2) is 48.1 Å². The molecule has 2 saturated heterocycles. The molecule has 2 unspecified atom stereocenters. The number of rotatable bonds is 3. The van der Waals surface area contributed by atoms with Crippen molar-refractivity contribution in [2.75, 3.05) is 0 Å². The fourth-order valence-electron chi connectivity index (χ4n) is 4.91. The fraction of sp³-hybridized carbons (Fsp3) is 0.381. The summed E-state index contributed by atoms with van der Waals surface area (Å²) >= 11 is 0. The molecule has 2 aliphatic rings. The Morgan fingerprint density at radius 2 is 1.78 bits per heavy atom. The van der Waals surface area contributed by atoms with E-state index in [1.54, 1.807) is 30.7 Å². The minimum absolute atomic E-state index is 0.0579. The van der Waals surface area contributed by atoms with E-state index in [0.717, 1.165) is 23.7 Å². The quantitative estimate of drug-likeness (QED) is 0.777. The predicted molar refractivity (Wildman–Crippen MR) is 101 cm³/mol. The van der Waals surface area contributed by atoms with Crippen LogP contribution in [0.2, 0.25) is 0 Å². The Morgan fingerprint density at radius 3 is 2.52 bits per heavy atom. The van der Waals surface area contributed by atoms with Gasteiger partial charge in [0.25, 0.3) is 5.91 Å². The van der Waals surface area contributed by atoms with Gasteiger partial charge in [-0.15, -0.1) is 0 Å². The van der Waals surface area contributed by atoms with Crippen LogP contribution in [0.1, 0.15) is 36.0 Å². The number of pyridine rings is 2.